The van der Waals surface area contributed by atoms with Crippen LogP contribution in [0, 0.1) is 0 Å². The van der Waals surface area contributed by atoms with Crippen molar-refractivity contribution < 1.29 is 4.79 Å². The van der Waals surface area contributed by atoms with Gasteiger partial charge in [-0.1, -0.05) is 54.6 Å². The molecule has 1 amide bonds. The number of nitrogens with one attached hydrogen (secondary N) is 1. The number of rotatable bonds is 4. The van der Waals surface area contributed by atoms with E-state index >= 15 is 0 Å². The molecule has 0 saturated carbocycles. The van der Waals surface area contributed by atoms with Gasteiger partial charge in [-0.3, -0.25) is 9.69 Å². The third kappa shape index (κ3) is 3.55. The van der Waals surface area contributed by atoms with Gasteiger partial charge < -0.3 is 5.32 Å². The fourth-order valence-electron chi connectivity index (χ4n) is 3.00. The molecule has 0 aliphatic carbocycles. The first-order valence-electron chi connectivity index (χ1n) is 7.86. The Kier molecular flexibility index (Phi) is 4.54. The van der Waals surface area contributed by atoms with Crippen LogP contribution in [0.15, 0.2) is 54.6 Å². The molecular weight excluding hydrogens is 272 g/mol. The molecule has 1 heterocycles. The zero-order valence-electron chi connectivity index (χ0n) is 13.0. The summed E-state index contributed by atoms with van der Waals surface area (Å²) in [5.41, 5.74) is 3.90. The molecule has 1 N–H and O–H groups in total. The van der Waals surface area contributed by atoms with E-state index in [2.05, 4.69) is 34.5 Å². The summed E-state index contributed by atoms with van der Waals surface area (Å²) in [6, 6.07) is 18.6. The molecule has 0 fully saturated rings. The Hall–Kier alpha value is -2.13. The first-order chi connectivity index (χ1) is 10.7. The predicted octanol–water partition coefficient (Wildman–Crippen LogP) is 2.92. The van der Waals surface area contributed by atoms with Crippen LogP contribution in [-0.4, -0.2) is 23.9 Å². The number of hydrogen-bond acceptors (Lipinski definition) is 2. The van der Waals surface area contributed by atoms with Crippen LogP contribution in [0.2, 0.25) is 0 Å². The van der Waals surface area contributed by atoms with Gasteiger partial charge in [0.05, 0.1) is 12.6 Å². The van der Waals surface area contributed by atoms with E-state index in [4.69, 9.17) is 0 Å². The van der Waals surface area contributed by atoms with Crippen molar-refractivity contribution in [3.63, 3.8) is 0 Å². The molecule has 3 nitrogen and oxygen atoms in total. The Balaban J connectivity index is 1.55. The van der Waals surface area contributed by atoms with Crippen molar-refractivity contribution in [2.75, 3.05) is 13.1 Å². The summed E-state index contributed by atoms with van der Waals surface area (Å²) < 4.78 is 0. The summed E-state index contributed by atoms with van der Waals surface area (Å²) in [6.45, 7) is 4.30. The number of nitrogens with zero attached hydrogens (tertiary/aromatic N) is 1. The minimum atomic E-state index is 0.0470. The van der Waals surface area contributed by atoms with Crippen LogP contribution < -0.4 is 5.32 Å². The van der Waals surface area contributed by atoms with E-state index in [-0.39, 0.29) is 11.9 Å². The first-order valence-corrected chi connectivity index (χ1v) is 7.86. The second kappa shape index (κ2) is 6.75. The molecule has 0 aromatic heterocycles. The smallest absolute Gasteiger partial charge is 0.234 e. The fourth-order valence-corrected chi connectivity index (χ4v) is 3.00. The molecule has 0 radical (unpaired) electrons. The maximum atomic E-state index is 12.3. The Bertz CT molecular complexity index is 639. The molecule has 0 saturated heterocycles. The lowest BCUT2D eigenvalue weighted by molar-refractivity contribution is -0.123. The van der Waals surface area contributed by atoms with Gasteiger partial charge >= 0.3 is 0 Å². The fraction of sp³-hybridized carbons (Fsp3) is 0.316. The van der Waals surface area contributed by atoms with E-state index in [0.717, 1.165) is 25.1 Å². The molecule has 1 aliphatic heterocycles. The number of benzene rings is 2. The van der Waals surface area contributed by atoms with E-state index in [1.807, 2.05) is 37.3 Å². The van der Waals surface area contributed by atoms with Crippen LogP contribution in [0.25, 0.3) is 0 Å². The van der Waals surface area contributed by atoms with Gasteiger partial charge in [0.15, 0.2) is 0 Å². The molecule has 1 atom stereocenters. The molecule has 1 unspecified atom stereocenters. The maximum absolute atomic E-state index is 12.3. The highest BCUT2D eigenvalue weighted by molar-refractivity contribution is 5.78. The lowest BCUT2D eigenvalue weighted by atomic mass is 10.00. The highest BCUT2D eigenvalue weighted by Gasteiger charge is 2.18. The standard InChI is InChI=1S/C19H22N2O/c1-15(16-7-3-2-4-8-16)20-19(22)14-21-12-11-17-9-5-6-10-18(17)13-21/h2-10,15H,11-14H2,1H3,(H,20,22). The lowest BCUT2D eigenvalue weighted by Crippen LogP contribution is -2.40. The van der Waals surface area contributed by atoms with Gasteiger partial charge in [-0.2, -0.15) is 0 Å². The number of amides is 1. The van der Waals surface area contributed by atoms with Crippen molar-refractivity contribution in [3.8, 4) is 0 Å². The van der Waals surface area contributed by atoms with Gasteiger partial charge in [-0.25, -0.2) is 0 Å². The highest BCUT2D eigenvalue weighted by atomic mass is 16.2. The molecule has 114 valence electrons. The molecule has 3 heteroatoms. The molecule has 2 aromatic rings. The molecule has 0 bridgehead atoms. The molecule has 22 heavy (non-hydrogen) atoms. The van der Waals surface area contributed by atoms with E-state index < -0.39 is 0 Å². The van der Waals surface area contributed by atoms with E-state index in [1.165, 1.54) is 11.1 Å². The largest absolute Gasteiger partial charge is 0.348 e. The Morgan fingerprint density at radius 1 is 1.09 bits per heavy atom. The number of carbonyl (C=O) groups is 1. The zero-order valence-corrected chi connectivity index (χ0v) is 13.0. The SMILES string of the molecule is CC(NC(=O)CN1CCc2ccccc2C1)c1ccccc1. The van der Waals surface area contributed by atoms with Crippen molar-refractivity contribution in [1.29, 1.82) is 0 Å². The van der Waals surface area contributed by atoms with Crippen LogP contribution in [0.4, 0.5) is 0 Å². The number of fused-ring (bicyclic) bond motifs is 1. The molecule has 1 aliphatic rings. The van der Waals surface area contributed by atoms with Gasteiger partial charge in [-0.15, -0.1) is 0 Å². The minimum absolute atomic E-state index is 0.0470. The normalized spacial score (nSPS) is 15.9. The average molecular weight is 294 g/mol. The molecule has 0 spiro atoms. The van der Waals surface area contributed by atoms with Crippen molar-refractivity contribution in [2.45, 2.75) is 25.9 Å². The maximum Gasteiger partial charge on any atom is 0.234 e. The summed E-state index contributed by atoms with van der Waals surface area (Å²) in [7, 11) is 0. The Morgan fingerprint density at radius 2 is 1.77 bits per heavy atom. The molecule has 2 aromatic carbocycles. The summed E-state index contributed by atoms with van der Waals surface area (Å²) in [6.07, 6.45) is 1.03. The molecular formula is C19H22N2O. The van der Waals surface area contributed by atoms with Gasteiger partial charge in [0.1, 0.15) is 0 Å². The van der Waals surface area contributed by atoms with Crippen molar-refractivity contribution in [2.24, 2.45) is 0 Å². The van der Waals surface area contributed by atoms with E-state index in [1.54, 1.807) is 0 Å². The van der Waals surface area contributed by atoms with Crippen LogP contribution in [-0.2, 0) is 17.8 Å². The van der Waals surface area contributed by atoms with Gasteiger partial charge in [0.25, 0.3) is 0 Å². The van der Waals surface area contributed by atoms with E-state index in [0.29, 0.717) is 6.54 Å². The van der Waals surface area contributed by atoms with E-state index in [9.17, 15) is 4.79 Å². The van der Waals surface area contributed by atoms with Crippen molar-refractivity contribution in [1.82, 2.24) is 10.2 Å². The van der Waals surface area contributed by atoms with Gasteiger partial charge in [0.2, 0.25) is 5.91 Å². The van der Waals surface area contributed by atoms with Crippen molar-refractivity contribution >= 4 is 5.91 Å². The third-order valence-electron chi connectivity index (χ3n) is 4.25. The van der Waals surface area contributed by atoms with Gasteiger partial charge in [0, 0.05) is 13.1 Å². The summed E-state index contributed by atoms with van der Waals surface area (Å²) >= 11 is 0. The number of carbonyl (C=O) groups excluding carboxylic acids is 1. The van der Waals surface area contributed by atoms with Gasteiger partial charge in [-0.05, 0) is 30.0 Å². The topological polar surface area (TPSA) is 32.3 Å². The predicted molar refractivity (Wildman–Crippen MR) is 88.4 cm³/mol. The summed E-state index contributed by atoms with van der Waals surface area (Å²) in [5.74, 6) is 0.0933. The third-order valence-corrected chi connectivity index (χ3v) is 4.25. The zero-order chi connectivity index (χ0) is 15.4. The average Bonchev–Trinajstić information content (AvgIpc) is 2.55. The van der Waals surface area contributed by atoms with Crippen LogP contribution in [0.5, 0.6) is 0 Å². The molecule has 3 rings (SSSR count). The first kappa shape index (κ1) is 14.8. The quantitative estimate of drug-likeness (QED) is 0.940. The minimum Gasteiger partial charge on any atom is -0.348 e. The summed E-state index contributed by atoms with van der Waals surface area (Å²) in [4.78, 5) is 14.5. The summed E-state index contributed by atoms with van der Waals surface area (Å²) in [5, 5.41) is 3.09. The van der Waals surface area contributed by atoms with Crippen LogP contribution in [0.3, 0.4) is 0 Å². The lowest BCUT2D eigenvalue weighted by Gasteiger charge is -2.28. The Labute approximate surface area is 132 Å². The Morgan fingerprint density at radius 3 is 2.55 bits per heavy atom. The second-order valence-electron chi connectivity index (χ2n) is 5.93. The second-order valence-corrected chi connectivity index (χ2v) is 5.93. The van der Waals surface area contributed by atoms with Crippen LogP contribution in [0.1, 0.15) is 29.7 Å². The van der Waals surface area contributed by atoms with Crippen LogP contribution >= 0.6 is 0 Å². The number of hydrogen-bond donors (Lipinski definition) is 1. The monoisotopic (exact) mass is 294 g/mol. The highest BCUT2D eigenvalue weighted by Crippen LogP contribution is 2.18. The van der Waals surface area contributed by atoms with Crippen molar-refractivity contribution in [3.05, 3.63) is 71.3 Å².